The SMILES string of the molecule is N[C@@H](C(=O)N[C@@H]1C(=O)N2C(C(=O)[O-])=C(Cl)CC[C@H]12)c1ccccc1.[Na+]. The Labute approximate surface area is 171 Å². The van der Waals surface area contributed by atoms with E-state index >= 15 is 0 Å². The molecule has 25 heavy (non-hydrogen) atoms. The monoisotopic (exact) mass is 371 g/mol. The van der Waals surface area contributed by atoms with E-state index in [2.05, 4.69) is 5.32 Å². The number of nitrogens with two attached hydrogens (primary N) is 1. The van der Waals surface area contributed by atoms with Crippen molar-refractivity contribution in [2.75, 3.05) is 0 Å². The van der Waals surface area contributed by atoms with Crippen molar-refractivity contribution in [3.63, 3.8) is 0 Å². The molecule has 3 N–H and O–H groups in total. The molecule has 0 aromatic heterocycles. The zero-order valence-electron chi connectivity index (χ0n) is 13.6. The number of hydrogen-bond acceptors (Lipinski definition) is 5. The Hall–Kier alpha value is -1.38. The van der Waals surface area contributed by atoms with Gasteiger partial charge in [-0.1, -0.05) is 41.9 Å². The van der Waals surface area contributed by atoms with Crippen LogP contribution in [0.1, 0.15) is 24.4 Å². The molecule has 0 bridgehead atoms. The summed E-state index contributed by atoms with van der Waals surface area (Å²) in [5, 5.41) is 13.9. The number of carboxylic acid groups (broad SMARTS) is 1. The number of β-lactam (4-membered cyclic amide) rings is 1. The molecule has 2 aliphatic rings. The van der Waals surface area contributed by atoms with Crippen LogP contribution in [0.25, 0.3) is 0 Å². The van der Waals surface area contributed by atoms with Crippen molar-refractivity contribution in [3.8, 4) is 0 Å². The first-order valence-electron chi connectivity index (χ1n) is 7.45. The molecule has 3 rings (SSSR count). The minimum Gasteiger partial charge on any atom is -0.543 e. The predicted molar refractivity (Wildman–Crippen MR) is 83.1 cm³/mol. The average Bonchev–Trinajstić information content (AvgIpc) is 2.59. The van der Waals surface area contributed by atoms with E-state index in [9.17, 15) is 19.5 Å². The fraction of sp³-hybridized carbons (Fsp3) is 0.312. The van der Waals surface area contributed by atoms with Crippen LogP contribution in [0.2, 0.25) is 0 Å². The number of nitrogens with zero attached hydrogens (tertiary/aromatic N) is 1. The van der Waals surface area contributed by atoms with Gasteiger partial charge in [-0.15, -0.1) is 0 Å². The summed E-state index contributed by atoms with van der Waals surface area (Å²) in [6, 6.07) is 6.62. The van der Waals surface area contributed by atoms with E-state index in [0.29, 0.717) is 18.4 Å². The molecule has 3 atom stereocenters. The number of amides is 2. The zero-order valence-corrected chi connectivity index (χ0v) is 16.3. The van der Waals surface area contributed by atoms with Crippen LogP contribution < -0.4 is 45.7 Å². The topological polar surface area (TPSA) is 116 Å². The largest absolute Gasteiger partial charge is 1.00 e. The third-order valence-corrected chi connectivity index (χ3v) is 4.68. The van der Waals surface area contributed by atoms with Crippen LogP contribution in [0.4, 0.5) is 0 Å². The van der Waals surface area contributed by atoms with Gasteiger partial charge >= 0.3 is 29.6 Å². The number of aliphatic carboxylic acids is 1. The van der Waals surface area contributed by atoms with Gasteiger partial charge in [0, 0.05) is 5.03 Å². The van der Waals surface area contributed by atoms with Crippen LogP contribution >= 0.6 is 11.6 Å². The number of rotatable bonds is 4. The number of hydrogen-bond donors (Lipinski definition) is 2. The number of carbonyl (C=O) groups excluding carboxylic acids is 3. The van der Waals surface area contributed by atoms with Gasteiger partial charge in [0.05, 0.1) is 17.7 Å². The minimum absolute atomic E-state index is 0. The number of halogens is 1. The second-order valence-electron chi connectivity index (χ2n) is 5.73. The summed E-state index contributed by atoms with van der Waals surface area (Å²) in [4.78, 5) is 36.8. The summed E-state index contributed by atoms with van der Waals surface area (Å²) in [6.07, 6.45) is 0.781. The van der Waals surface area contributed by atoms with Crippen molar-refractivity contribution in [1.82, 2.24) is 10.2 Å². The van der Waals surface area contributed by atoms with Crippen molar-refractivity contribution in [2.45, 2.75) is 31.0 Å². The van der Waals surface area contributed by atoms with Gasteiger partial charge in [0.2, 0.25) is 5.91 Å². The van der Waals surface area contributed by atoms with Crippen molar-refractivity contribution in [3.05, 3.63) is 46.6 Å². The first kappa shape index (κ1) is 19.9. The van der Waals surface area contributed by atoms with Gasteiger partial charge in [-0.25, -0.2) is 0 Å². The second-order valence-corrected chi connectivity index (χ2v) is 6.19. The van der Waals surface area contributed by atoms with Gasteiger partial charge in [0.1, 0.15) is 12.1 Å². The smallest absolute Gasteiger partial charge is 0.543 e. The van der Waals surface area contributed by atoms with Gasteiger partial charge < -0.3 is 25.9 Å². The fourth-order valence-corrected chi connectivity index (χ4v) is 3.34. The molecule has 7 nitrogen and oxygen atoms in total. The number of benzene rings is 1. The maximum atomic E-state index is 12.3. The Morgan fingerprint density at radius 2 is 1.96 bits per heavy atom. The summed E-state index contributed by atoms with van der Waals surface area (Å²) >= 11 is 5.88. The quantitative estimate of drug-likeness (QED) is 0.419. The second kappa shape index (κ2) is 7.88. The van der Waals surface area contributed by atoms with E-state index in [1.807, 2.05) is 0 Å². The number of carboxylic acids is 1. The van der Waals surface area contributed by atoms with Crippen molar-refractivity contribution >= 4 is 29.4 Å². The van der Waals surface area contributed by atoms with Crippen LogP contribution in [-0.4, -0.2) is 34.8 Å². The first-order valence-corrected chi connectivity index (χ1v) is 7.83. The number of nitrogens with one attached hydrogen (secondary N) is 1. The fourth-order valence-electron chi connectivity index (χ4n) is 3.06. The van der Waals surface area contributed by atoms with E-state index < -0.39 is 35.9 Å². The molecule has 9 heteroatoms. The summed E-state index contributed by atoms with van der Waals surface area (Å²) in [5.41, 5.74) is 6.22. The zero-order chi connectivity index (χ0) is 17.4. The Morgan fingerprint density at radius 1 is 1.32 bits per heavy atom. The Balaban J connectivity index is 0.00000225. The Morgan fingerprint density at radius 3 is 2.56 bits per heavy atom. The van der Waals surface area contributed by atoms with Gasteiger partial charge in [-0.3, -0.25) is 9.59 Å². The van der Waals surface area contributed by atoms with Crippen LogP contribution in [0.15, 0.2) is 41.1 Å². The average molecular weight is 372 g/mol. The van der Waals surface area contributed by atoms with E-state index in [-0.39, 0.29) is 40.3 Å². The third kappa shape index (κ3) is 3.61. The molecule has 0 saturated carbocycles. The molecular weight excluding hydrogens is 357 g/mol. The molecule has 2 amide bonds. The van der Waals surface area contributed by atoms with E-state index in [4.69, 9.17) is 17.3 Å². The van der Waals surface area contributed by atoms with Gasteiger partial charge in [0.25, 0.3) is 5.91 Å². The summed E-state index contributed by atoms with van der Waals surface area (Å²) in [5.74, 6) is -2.51. The third-order valence-electron chi connectivity index (χ3n) is 4.31. The molecule has 0 aliphatic carbocycles. The van der Waals surface area contributed by atoms with Crippen LogP contribution in [0.3, 0.4) is 0 Å². The van der Waals surface area contributed by atoms with Crippen molar-refractivity contribution in [2.24, 2.45) is 5.73 Å². The van der Waals surface area contributed by atoms with Gasteiger partial charge in [-0.05, 0) is 18.4 Å². The van der Waals surface area contributed by atoms with Crippen molar-refractivity contribution in [1.29, 1.82) is 0 Å². The molecule has 126 valence electrons. The van der Waals surface area contributed by atoms with E-state index in [0.717, 1.165) is 4.90 Å². The molecule has 1 saturated heterocycles. The molecule has 2 heterocycles. The predicted octanol–water partition coefficient (Wildman–Crippen LogP) is -3.62. The number of allylic oxidation sites excluding steroid dienone is 1. The maximum absolute atomic E-state index is 12.3. The number of fused-ring (bicyclic) bond motifs is 1. The maximum Gasteiger partial charge on any atom is 1.00 e. The van der Waals surface area contributed by atoms with Crippen LogP contribution in [0, 0.1) is 0 Å². The molecule has 1 aromatic rings. The van der Waals surface area contributed by atoms with Crippen molar-refractivity contribution < 1.29 is 49.0 Å². The molecule has 0 spiro atoms. The molecule has 2 aliphatic heterocycles. The summed E-state index contributed by atoms with van der Waals surface area (Å²) < 4.78 is 0. The van der Waals surface area contributed by atoms with Gasteiger partial charge in [0.15, 0.2) is 0 Å². The van der Waals surface area contributed by atoms with Crippen LogP contribution in [-0.2, 0) is 14.4 Å². The molecule has 0 unspecified atom stereocenters. The summed E-state index contributed by atoms with van der Waals surface area (Å²) in [6.45, 7) is 0. The van der Waals surface area contributed by atoms with E-state index in [1.54, 1.807) is 30.3 Å². The standard InChI is InChI=1S/C16H16ClN3O4.Na/c17-9-6-7-10-12(15(22)20(10)13(9)16(23)24)19-14(21)11(18)8-4-2-1-3-5-8;/h1-5,10-12H,6-7,18H2,(H,19,21)(H,23,24);/q;+1/p-1/t10-,11-,12+;/m1./s1. The number of carbonyl (C=O) groups is 3. The molecule has 1 aromatic carbocycles. The molecular formula is C16H15ClN3NaO4. The normalized spacial score (nSPS) is 23.1. The molecule has 1 fully saturated rings. The Kier molecular flexibility index (Phi) is 6.29. The summed E-state index contributed by atoms with van der Waals surface area (Å²) in [7, 11) is 0. The molecule has 0 radical (unpaired) electrons. The minimum atomic E-state index is -1.50. The Bertz CT molecular complexity index is 740. The first-order chi connectivity index (χ1) is 11.4. The van der Waals surface area contributed by atoms with Gasteiger partial charge in [-0.2, -0.15) is 0 Å². The van der Waals surface area contributed by atoms with E-state index in [1.165, 1.54) is 0 Å². The van der Waals surface area contributed by atoms with Crippen LogP contribution in [0.5, 0.6) is 0 Å².